The molecule has 0 spiro atoms. The van der Waals surface area contributed by atoms with Crippen molar-refractivity contribution >= 4 is 35.2 Å². The van der Waals surface area contributed by atoms with Gasteiger partial charge >= 0.3 is 0 Å². The third-order valence-electron chi connectivity index (χ3n) is 11.9. The molecule has 0 aliphatic heterocycles. The molecule has 9 aromatic rings. The van der Waals surface area contributed by atoms with Crippen molar-refractivity contribution in [2.45, 2.75) is 78.4 Å². The van der Waals surface area contributed by atoms with E-state index in [9.17, 15) is 4.39 Å². The number of nitrogens with zero attached hydrogens (tertiary/aromatic N) is 3. The van der Waals surface area contributed by atoms with Crippen molar-refractivity contribution in [2.75, 3.05) is 0 Å². The number of pyridine rings is 3. The molecule has 4 nitrogen and oxygen atoms in total. The largest absolute Gasteiger partial charge is 0.455 e. The van der Waals surface area contributed by atoms with Gasteiger partial charge in [-0.3, -0.25) is 15.0 Å². The minimum absolute atomic E-state index is 0. The zero-order chi connectivity index (χ0) is 43.9. The van der Waals surface area contributed by atoms with E-state index in [1.165, 1.54) is 63.5 Å². The summed E-state index contributed by atoms with van der Waals surface area (Å²) in [6, 6.07) is 48.4. The number of hydrogen-bond acceptors (Lipinski definition) is 4. The van der Waals surface area contributed by atoms with Gasteiger partial charge in [-0.1, -0.05) is 131 Å². The molecular formula is C57H56FIrN3OSi. The summed E-state index contributed by atoms with van der Waals surface area (Å²) >= 11 is 0. The maximum Gasteiger partial charge on any atom is 0.144 e. The fraction of sp³-hybridized carbons (Fsp3) is 0.211. The summed E-state index contributed by atoms with van der Waals surface area (Å²) < 4.78 is 19.7. The van der Waals surface area contributed by atoms with Crippen molar-refractivity contribution in [3.8, 4) is 44.9 Å². The molecule has 0 N–H and O–H groups in total. The molecule has 4 aromatic heterocycles. The van der Waals surface area contributed by atoms with E-state index < -0.39 is 8.07 Å². The van der Waals surface area contributed by atoms with Crippen LogP contribution in [0.1, 0.15) is 61.8 Å². The van der Waals surface area contributed by atoms with Crippen LogP contribution in [0.15, 0.2) is 169 Å². The first kappa shape index (κ1) is 46.1. The van der Waals surface area contributed by atoms with Gasteiger partial charge in [-0.15, -0.1) is 0 Å². The summed E-state index contributed by atoms with van der Waals surface area (Å²) in [4.78, 5) is 13.8. The topological polar surface area (TPSA) is 51.8 Å². The Balaban J connectivity index is 0.000000155. The van der Waals surface area contributed by atoms with Crippen LogP contribution in [0.3, 0.4) is 0 Å². The molecule has 0 bridgehead atoms. The number of para-hydroxylation sites is 1. The van der Waals surface area contributed by atoms with Gasteiger partial charge in [0.25, 0.3) is 0 Å². The van der Waals surface area contributed by atoms with Crippen molar-refractivity contribution in [3.63, 3.8) is 0 Å². The molecule has 325 valence electrons. The van der Waals surface area contributed by atoms with Crippen LogP contribution in [0, 0.1) is 5.82 Å². The van der Waals surface area contributed by atoms with E-state index in [2.05, 4.69) is 143 Å². The van der Waals surface area contributed by atoms with E-state index in [0.717, 1.165) is 75.0 Å². The smallest absolute Gasteiger partial charge is 0.144 e. The SMILES string of the molecule is CC(C)c1cc(-c2ccccc2)ncc1[Si](C)(C)C.CCc1ccnc(-c2ccccc2)c1.Fc1ccc(-c2ccc3c(c2)oc2c(-c4nccc5c4CCCC5)cccc23)cc1.[Ir]. The van der Waals surface area contributed by atoms with Crippen LogP contribution in [0.25, 0.3) is 66.8 Å². The molecular weight excluding hydrogens is 982 g/mol. The van der Waals surface area contributed by atoms with Gasteiger partial charge in [0.15, 0.2) is 0 Å². The zero-order valence-electron chi connectivity index (χ0n) is 37.7. The Hall–Kier alpha value is -5.85. The Kier molecular flexibility index (Phi) is 15.0. The summed E-state index contributed by atoms with van der Waals surface area (Å²) in [5.74, 6) is 0.319. The number of fused-ring (bicyclic) bond motifs is 4. The molecule has 5 aromatic carbocycles. The first-order valence-electron chi connectivity index (χ1n) is 22.3. The van der Waals surface area contributed by atoms with Crippen LogP contribution in [0.4, 0.5) is 4.39 Å². The Morgan fingerprint density at radius 2 is 1.28 bits per heavy atom. The van der Waals surface area contributed by atoms with E-state index in [-0.39, 0.29) is 25.9 Å². The summed E-state index contributed by atoms with van der Waals surface area (Å²) in [6.45, 7) is 13.9. The normalized spacial score (nSPS) is 12.1. The predicted octanol–water partition coefficient (Wildman–Crippen LogP) is 15.1. The van der Waals surface area contributed by atoms with Gasteiger partial charge in [-0.05, 0) is 131 Å². The molecule has 10 rings (SSSR count). The van der Waals surface area contributed by atoms with E-state index in [4.69, 9.17) is 14.4 Å². The van der Waals surface area contributed by atoms with E-state index in [0.29, 0.717) is 5.92 Å². The van der Waals surface area contributed by atoms with Gasteiger partial charge in [0.05, 0.1) is 25.2 Å². The van der Waals surface area contributed by atoms with Gasteiger partial charge in [-0.25, -0.2) is 4.39 Å². The van der Waals surface area contributed by atoms with Gasteiger partial charge in [0, 0.05) is 66.2 Å². The van der Waals surface area contributed by atoms with Crippen molar-refractivity contribution in [1.29, 1.82) is 0 Å². The molecule has 1 aliphatic rings. The number of aromatic nitrogens is 3. The van der Waals surface area contributed by atoms with Crippen LogP contribution < -0.4 is 5.19 Å². The number of rotatable bonds is 7. The van der Waals surface area contributed by atoms with Crippen molar-refractivity contribution in [2.24, 2.45) is 0 Å². The van der Waals surface area contributed by atoms with Crippen molar-refractivity contribution < 1.29 is 28.9 Å². The van der Waals surface area contributed by atoms with Gasteiger partial charge in [-0.2, -0.15) is 0 Å². The first-order valence-corrected chi connectivity index (χ1v) is 25.8. The first-order chi connectivity index (χ1) is 30.6. The molecule has 0 fully saturated rings. The standard InChI is InChI=1S/C27H20FNO.C17H23NSi.C13H13N.Ir/c28-20-11-8-17(9-12-20)19-10-13-22-23-6-3-7-24(27(23)30-25(22)16-19)26-21-5-2-1-4-18(21)14-15-29-26;1-13(2)15-11-16(14-9-7-6-8-10-14)18-12-17(15)19(3,4)5;1-2-11-8-9-14-13(10-11)12-6-4-3-5-7-12;/h3,6-16H,1-2,4-5H2;6-13H,1-5H3;3-10H,2H2,1H3;. The van der Waals surface area contributed by atoms with E-state index in [1.54, 1.807) is 12.1 Å². The molecule has 1 radical (unpaired) electrons. The summed E-state index contributed by atoms with van der Waals surface area (Å²) in [5, 5.41) is 3.67. The number of hydrogen-bond donors (Lipinski definition) is 0. The van der Waals surface area contributed by atoms with Gasteiger partial charge in [0.1, 0.15) is 17.0 Å². The summed E-state index contributed by atoms with van der Waals surface area (Å²) in [6.07, 6.45) is 11.6. The Morgan fingerprint density at radius 1 is 0.625 bits per heavy atom. The minimum atomic E-state index is -1.33. The molecule has 0 unspecified atom stereocenters. The maximum absolute atomic E-state index is 13.3. The number of benzene rings is 5. The third kappa shape index (κ3) is 10.6. The van der Waals surface area contributed by atoms with Gasteiger partial charge < -0.3 is 4.42 Å². The number of furan rings is 1. The monoisotopic (exact) mass is 1040 g/mol. The quantitative estimate of drug-likeness (QED) is 0.149. The molecule has 0 saturated carbocycles. The molecule has 0 amide bonds. The fourth-order valence-corrected chi connectivity index (χ4v) is 10.2. The molecule has 7 heteroatoms. The van der Waals surface area contributed by atoms with Crippen molar-refractivity contribution in [1.82, 2.24) is 15.0 Å². The molecule has 64 heavy (non-hydrogen) atoms. The number of aryl methyl sites for hydroxylation is 2. The maximum atomic E-state index is 13.3. The van der Waals surface area contributed by atoms with Crippen LogP contribution in [-0.2, 0) is 39.4 Å². The number of halogens is 1. The van der Waals surface area contributed by atoms with Crippen LogP contribution in [0.2, 0.25) is 19.6 Å². The van der Waals surface area contributed by atoms with Crippen LogP contribution in [0.5, 0.6) is 0 Å². The second-order valence-corrected chi connectivity index (χ2v) is 22.7. The molecule has 1 aliphatic carbocycles. The second-order valence-electron chi connectivity index (χ2n) is 17.7. The average molecular weight is 1040 g/mol. The molecule has 0 atom stereocenters. The minimum Gasteiger partial charge on any atom is -0.455 e. The Morgan fingerprint density at radius 3 is 1.95 bits per heavy atom. The van der Waals surface area contributed by atoms with Crippen LogP contribution in [-0.4, -0.2) is 23.0 Å². The average Bonchev–Trinajstić information content (AvgIpc) is 3.70. The summed E-state index contributed by atoms with van der Waals surface area (Å²) in [7, 11) is -1.33. The van der Waals surface area contributed by atoms with Crippen LogP contribution >= 0.6 is 0 Å². The van der Waals surface area contributed by atoms with Gasteiger partial charge in [0.2, 0.25) is 0 Å². The Labute approximate surface area is 392 Å². The predicted molar refractivity (Wildman–Crippen MR) is 265 cm³/mol. The third-order valence-corrected chi connectivity index (χ3v) is 14.0. The fourth-order valence-electron chi connectivity index (χ4n) is 8.50. The zero-order valence-corrected chi connectivity index (χ0v) is 41.1. The van der Waals surface area contributed by atoms with E-state index >= 15 is 0 Å². The van der Waals surface area contributed by atoms with Crippen molar-refractivity contribution in [3.05, 3.63) is 192 Å². The second kappa shape index (κ2) is 20.8. The van der Waals surface area contributed by atoms with E-state index in [1.807, 2.05) is 42.7 Å². The summed E-state index contributed by atoms with van der Waals surface area (Å²) in [5.41, 5.74) is 15.9. The Bertz CT molecular complexity index is 2960. The molecule has 4 heterocycles. The molecule has 0 saturated heterocycles.